The molecule has 0 saturated carbocycles. The van der Waals surface area contributed by atoms with Gasteiger partial charge in [-0.1, -0.05) is 18.2 Å². The molecule has 3 nitrogen and oxygen atoms in total. The summed E-state index contributed by atoms with van der Waals surface area (Å²) in [6.07, 6.45) is 1.57. The first-order valence-corrected chi connectivity index (χ1v) is 7.05. The van der Waals surface area contributed by atoms with Crippen molar-refractivity contribution in [2.24, 2.45) is 0 Å². The quantitative estimate of drug-likeness (QED) is 0.673. The summed E-state index contributed by atoms with van der Waals surface area (Å²) in [5.74, 6) is -0.613. The molecule has 0 aliphatic rings. The Kier molecular flexibility index (Phi) is 3.66. The number of carbonyl (C=O) groups excluding carboxylic acids is 1. The third-order valence-corrected chi connectivity index (χ3v) is 3.71. The first-order chi connectivity index (χ1) is 10.2. The molecule has 0 bridgehead atoms. The SMILES string of the molecule is O=C(c1ccc(F)cc1Br)c1ccnn1-c1ccccc1. The number of nitrogens with zero attached hydrogens (tertiary/aromatic N) is 2. The van der Waals surface area contributed by atoms with Gasteiger partial charge >= 0.3 is 0 Å². The van der Waals surface area contributed by atoms with Gasteiger partial charge in [0.1, 0.15) is 11.5 Å². The van der Waals surface area contributed by atoms with Crippen molar-refractivity contribution in [3.05, 3.63) is 82.3 Å². The van der Waals surface area contributed by atoms with Crippen LogP contribution in [0, 0.1) is 5.82 Å². The van der Waals surface area contributed by atoms with Gasteiger partial charge in [0.25, 0.3) is 0 Å². The van der Waals surface area contributed by atoms with Gasteiger partial charge in [-0.2, -0.15) is 5.10 Å². The summed E-state index contributed by atoms with van der Waals surface area (Å²) in [6, 6.07) is 15.0. The zero-order valence-corrected chi connectivity index (χ0v) is 12.4. The predicted molar refractivity (Wildman–Crippen MR) is 81.1 cm³/mol. The number of benzene rings is 2. The van der Waals surface area contributed by atoms with Crippen LogP contribution < -0.4 is 0 Å². The van der Waals surface area contributed by atoms with Crippen molar-refractivity contribution in [1.29, 1.82) is 0 Å². The van der Waals surface area contributed by atoms with Crippen LogP contribution in [-0.2, 0) is 0 Å². The molecule has 0 saturated heterocycles. The molecule has 3 rings (SSSR count). The molecule has 0 atom stereocenters. The van der Waals surface area contributed by atoms with Crippen LogP contribution in [0.15, 0.2) is 65.3 Å². The maximum atomic E-state index is 13.1. The van der Waals surface area contributed by atoms with Crippen molar-refractivity contribution in [1.82, 2.24) is 9.78 Å². The van der Waals surface area contributed by atoms with Gasteiger partial charge in [-0.05, 0) is 52.3 Å². The van der Waals surface area contributed by atoms with Gasteiger partial charge in [0.2, 0.25) is 5.78 Å². The van der Waals surface area contributed by atoms with Crippen LogP contribution in [0.5, 0.6) is 0 Å². The summed E-state index contributed by atoms with van der Waals surface area (Å²) < 4.78 is 15.1. The van der Waals surface area contributed by atoms with Crippen molar-refractivity contribution in [2.45, 2.75) is 0 Å². The molecule has 0 unspecified atom stereocenters. The minimum absolute atomic E-state index is 0.219. The fourth-order valence-corrected chi connectivity index (χ4v) is 2.59. The Morgan fingerprint density at radius 3 is 2.57 bits per heavy atom. The lowest BCUT2D eigenvalue weighted by Crippen LogP contribution is -2.10. The van der Waals surface area contributed by atoms with Crippen molar-refractivity contribution in [3.63, 3.8) is 0 Å². The Balaban J connectivity index is 2.06. The van der Waals surface area contributed by atoms with Crippen LogP contribution >= 0.6 is 15.9 Å². The van der Waals surface area contributed by atoms with E-state index in [0.717, 1.165) is 5.69 Å². The second-order valence-electron chi connectivity index (χ2n) is 4.42. The third-order valence-electron chi connectivity index (χ3n) is 3.05. The lowest BCUT2D eigenvalue weighted by molar-refractivity contribution is 0.103. The molecule has 0 amide bonds. The van der Waals surface area contributed by atoms with E-state index in [1.54, 1.807) is 16.9 Å². The standard InChI is InChI=1S/C16H10BrFN2O/c17-14-10-11(18)6-7-13(14)16(21)15-8-9-19-20(15)12-4-2-1-3-5-12/h1-10H. The minimum Gasteiger partial charge on any atom is -0.287 e. The van der Waals surface area contributed by atoms with Gasteiger partial charge in [0.15, 0.2) is 0 Å². The molecule has 0 N–H and O–H groups in total. The van der Waals surface area contributed by atoms with E-state index in [9.17, 15) is 9.18 Å². The topological polar surface area (TPSA) is 34.9 Å². The van der Waals surface area contributed by atoms with E-state index in [-0.39, 0.29) is 5.78 Å². The highest BCUT2D eigenvalue weighted by Gasteiger charge is 2.18. The summed E-state index contributed by atoms with van der Waals surface area (Å²) in [5.41, 5.74) is 1.62. The van der Waals surface area contributed by atoms with Crippen LogP contribution in [-0.4, -0.2) is 15.6 Å². The normalized spacial score (nSPS) is 10.6. The summed E-state index contributed by atoms with van der Waals surface area (Å²) in [4.78, 5) is 12.6. The molecule has 21 heavy (non-hydrogen) atoms. The Bertz CT molecular complexity index is 799. The van der Waals surface area contributed by atoms with Gasteiger partial charge in [-0.15, -0.1) is 0 Å². The van der Waals surface area contributed by atoms with E-state index in [1.807, 2.05) is 30.3 Å². The van der Waals surface area contributed by atoms with Gasteiger partial charge in [-0.3, -0.25) is 4.79 Å². The van der Waals surface area contributed by atoms with E-state index < -0.39 is 5.82 Å². The number of rotatable bonds is 3. The molecule has 0 aliphatic carbocycles. The molecular weight excluding hydrogens is 335 g/mol. The maximum absolute atomic E-state index is 13.1. The lowest BCUT2D eigenvalue weighted by Gasteiger charge is -2.08. The lowest BCUT2D eigenvalue weighted by atomic mass is 10.1. The van der Waals surface area contributed by atoms with E-state index >= 15 is 0 Å². The summed E-state index contributed by atoms with van der Waals surface area (Å²) in [6.45, 7) is 0. The number of hydrogen-bond acceptors (Lipinski definition) is 2. The first-order valence-electron chi connectivity index (χ1n) is 6.26. The van der Waals surface area contributed by atoms with Crippen LogP contribution in [0.25, 0.3) is 5.69 Å². The van der Waals surface area contributed by atoms with Crippen LogP contribution in [0.3, 0.4) is 0 Å². The number of carbonyl (C=O) groups is 1. The molecule has 0 aliphatic heterocycles. The maximum Gasteiger partial charge on any atom is 0.212 e. The molecule has 1 aromatic heterocycles. The minimum atomic E-state index is -0.394. The van der Waals surface area contributed by atoms with Crippen molar-refractivity contribution in [2.75, 3.05) is 0 Å². The second-order valence-corrected chi connectivity index (χ2v) is 5.27. The highest BCUT2D eigenvalue weighted by molar-refractivity contribution is 9.10. The van der Waals surface area contributed by atoms with Crippen molar-refractivity contribution >= 4 is 21.7 Å². The zero-order valence-electron chi connectivity index (χ0n) is 10.8. The van der Waals surface area contributed by atoms with E-state index in [1.165, 1.54) is 18.2 Å². The molecule has 0 fully saturated rings. The van der Waals surface area contributed by atoms with Crippen molar-refractivity contribution < 1.29 is 9.18 Å². The Labute approximate surface area is 129 Å². The van der Waals surface area contributed by atoms with Crippen LogP contribution in [0.4, 0.5) is 4.39 Å². The summed E-state index contributed by atoms with van der Waals surface area (Å²) in [7, 11) is 0. The molecule has 104 valence electrons. The Morgan fingerprint density at radius 2 is 1.86 bits per heavy atom. The van der Waals surface area contributed by atoms with Gasteiger partial charge in [0.05, 0.1) is 11.9 Å². The number of halogens is 2. The van der Waals surface area contributed by atoms with E-state index in [0.29, 0.717) is 15.7 Å². The van der Waals surface area contributed by atoms with Crippen LogP contribution in [0.2, 0.25) is 0 Å². The number of hydrogen-bond donors (Lipinski definition) is 0. The average Bonchev–Trinajstić information content (AvgIpc) is 2.97. The van der Waals surface area contributed by atoms with Crippen LogP contribution in [0.1, 0.15) is 16.1 Å². The van der Waals surface area contributed by atoms with Gasteiger partial charge in [-0.25, -0.2) is 9.07 Å². The Hall–Kier alpha value is -2.27. The number of ketones is 1. The fourth-order valence-electron chi connectivity index (χ4n) is 2.06. The summed E-state index contributed by atoms with van der Waals surface area (Å²) in [5, 5.41) is 4.19. The van der Waals surface area contributed by atoms with Gasteiger partial charge in [0, 0.05) is 10.0 Å². The first kappa shape index (κ1) is 13.7. The smallest absolute Gasteiger partial charge is 0.212 e. The largest absolute Gasteiger partial charge is 0.287 e. The highest BCUT2D eigenvalue weighted by atomic mass is 79.9. The third kappa shape index (κ3) is 2.64. The van der Waals surface area contributed by atoms with E-state index in [2.05, 4.69) is 21.0 Å². The molecular formula is C16H10BrFN2O. The van der Waals surface area contributed by atoms with E-state index in [4.69, 9.17) is 0 Å². The highest BCUT2D eigenvalue weighted by Crippen LogP contribution is 2.22. The molecule has 2 aromatic carbocycles. The molecule has 3 aromatic rings. The molecule has 0 radical (unpaired) electrons. The van der Waals surface area contributed by atoms with Crippen molar-refractivity contribution in [3.8, 4) is 5.69 Å². The monoisotopic (exact) mass is 344 g/mol. The second kappa shape index (κ2) is 5.61. The number of para-hydroxylation sites is 1. The fraction of sp³-hybridized carbons (Fsp3) is 0. The summed E-state index contributed by atoms with van der Waals surface area (Å²) >= 11 is 3.22. The Morgan fingerprint density at radius 1 is 1.10 bits per heavy atom. The average molecular weight is 345 g/mol. The zero-order chi connectivity index (χ0) is 14.8. The molecule has 1 heterocycles. The molecule has 0 spiro atoms. The predicted octanol–water partition coefficient (Wildman–Crippen LogP) is 4.00. The number of aromatic nitrogens is 2. The molecule has 5 heteroatoms. The van der Waals surface area contributed by atoms with Gasteiger partial charge < -0.3 is 0 Å².